The summed E-state index contributed by atoms with van der Waals surface area (Å²) in [6.45, 7) is 0. The van der Waals surface area contributed by atoms with E-state index in [1.165, 1.54) is 0 Å². The van der Waals surface area contributed by atoms with Crippen molar-refractivity contribution in [1.82, 2.24) is 19.6 Å². The fourth-order valence-electron chi connectivity index (χ4n) is 3.07. The molecule has 2 aromatic heterocycles. The summed E-state index contributed by atoms with van der Waals surface area (Å²) < 4.78 is 3.63. The van der Waals surface area contributed by atoms with Crippen molar-refractivity contribution in [3.8, 4) is 22.5 Å². The molecule has 128 valence electrons. The number of aryl methyl sites for hydroxylation is 2. The molecule has 0 aliphatic carbocycles. The Bertz CT molecular complexity index is 970. The Kier molecular flexibility index (Phi) is 3.97. The molecule has 5 heteroatoms. The lowest BCUT2D eigenvalue weighted by Crippen LogP contribution is -2.02. The van der Waals surface area contributed by atoms with E-state index in [2.05, 4.69) is 10.2 Å². The summed E-state index contributed by atoms with van der Waals surface area (Å²) in [4.78, 5) is 12.7. The second kappa shape index (κ2) is 6.44. The molecule has 4 aromatic rings. The molecule has 5 nitrogen and oxygen atoms in total. The zero-order valence-electron chi connectivity index (χ0n) is 14.6. The maximum Gasteiger partial charge on any atom is 0.193 e. The Morgan fingerprint density at radius 2 is 1.04 bits per heavy atom. The van der Waals surface area contributed by atoms with Crippen LogP contribution >= 0.6 is 0 Å². The molecule has 0 spiro atoms. The second-order valence-electron chi connectivity index (χ2n) is 6.16. The van der Waals surface area contributed by atoms with Crippen molar-refractivity contribution in [2.24, 2.45) is 14.1 Å². The van der Waals surface area contributed by atoms with E-state index in [0.717, 1.165) is 22.5 Å². The first-order valence-electron chi connectivity index (χ1n) is 8.35. The normalized spacial score (nSPS) is 10.8. The van der Waals surface area contributed by atoms with Gasteiger partial charge in [-0.3, -0.25) is 14.2 Å². The third-order valence-electron chi connectivity index (χ3n) is 4.53. The molecule has 2 heterocycles. The monoisotopic (exact) mass is 342 g/mol. The molecule has 0 amide bonds. The lowest BCUT2D eigenvalue weighted by atomic mass is 9.99. The van der Waals surface area contributed by atoms with E-state index in [9.17, 15) is 4.79 Å². The van der Waals surface area contributed by atoms with Crippen LogP contribution in [-0.2, 0) is 14.1 Å². The molecule has 0 unspecified atom stereocenters. The predicted octanol–water partition coefficient (Wildman–Crippen LogP) is 3.72. The molecule has 2 aromatic carbocycles. The van der Waals surface area contributed by atoms with Crippen LogP contribution in [0.1, 0.15) is 15.9 Å². The number of ketones is 1. The zero-order valence-corrected chi connectivity index (χ0v) is 14.6. The summed E-state index contributed by atoms with van der Waals surface area (Å²) in [5, 5.41) is 8.35. The first kappa shape index (κ1) is 16.0. The SMILES string of the molecule is Cn1nccc1-c1ccc(C(=O)c2ccc(-c3ccnn3C)cc2)cc1. The molecular formula is C21H18N4O. The van der Waals surface area contributed by atoms with Crippen LogP contribution in [-0.4, -0.2) is 25.3 Å². The first-order chi connectivity index (χ1) is 12.6. The number of nitrogens with zero attached hydrogens (tertiary/aromatic N) is 4. The zero-order chi connectivity index (χ0) is 18.1. The van der Waals surface area contributed by atoms with Crippen LogP contribution in [0.25, 0.3) is 22.5 Å². The van der Waals surface area contributed by atoms with Crippen molar-refractivity contribution in [2.75, 3.05) is 0 Å². The van der Waals surface area contributed by atoms with Crippen molar-refractivity contribution in [3.63, 3.8) is 0 Å². The highest BCUT2D eigenvalue weighted by atomic mass is 16.1. The van der Waals surface area contributed by atoms with E-state index in [0.29, 0.717) is 11.1 Å². The van der Waals surface area contributed by atoms with Gasteiger partial charge in [-0.25, -0.2) is 0 Å². The summed E-state index contributed by atoms with van der Waals surface area (Å²) in [6.07, 6.45) is 3.52. The molecule has 0 aliphatic heterocycles. The number of carbonyl (C=O) groups is 1. The maximum atomic E-state index is 12.7. The second-order valence-corrected chi connectivity index (χ2v) is 6.16. The van der Waals surface area contributed by atoms with Gasteiger partial charge in [-0.15, -0.1) is 0 Å². The predicted molar refractivity (Wildman–Crippen MR) is 101 cm³/mol. The summed E-state index contributed by atoms with van der Waals surface area (Å²) in [5.74, 6) is 0.0121. The van der Waals surface area contributed by atoms with Gasteiger partial charge in [-0.05, 0) is 23.3 Å². The largest absolute Gasteiger partial charge is 0.289 e. The van der Waals surface area contributed by atoms with Gasteiger partial charge in [0.05, 0.1) is 11.4 Å². The van der Waals surface area contributed by atoms with Gasteiger partial charge >= 0.3 is 0 Å². The minimum atomic E-state index is 0.0121. The van der Waals surface area contributed by atoms with E-state index < -0.39 is 0 Å². The number of rotatable bonds is 4. The Labute approximate surface area is 151 Å². The van der Waals surface area contributed by atoms with Gasteiger partial charge in [0.25, 0.3) is 0 Å². The average molecular weight is 342 g/mol. The Morgan fingerprint density at radius 3 is 1.35 bits per heavy atom. The third-order valence-corrected chi connectivity index (χ3v) is 4.53. The molecule has 0 saturated heterocycles. The van der Waals surface area contributed by atoms with Crippen molar-refractivity contribution >= 4 is 5.78 Å². The number of carbonyl (C=O) groups excluding carboxylic acids is 1. The molecule has 4 rings (SSSR count). The molecule has 0 N–H and O–H groups in total. The van der Waals surface area contributed by atoms with Crippen LogP contribution in [0.4, 0.5) is 0 Å². The molecule has 0 fully saturated rings. The van der Waals surface area contributed by atoms with Crippen molar-refractivity contribution in [2.45, 2.75) is 0 Å². The standard InChI is InChI=1S/C21H18N4O/c1-24-19(11-13-22-24)15-3-7-17(8-4-15)21(26)18-9-5-16(6-10-18)20-12-14-23-25(20)2/h3-14H,1-2H3. The van der Waals surface area contributed by atoms with E-state index >= 15 is 0 Å². The molecule has 0 aliphatic rings. The Balaban J connectivity index is 1.58. The van der Waals surface area contributed by atoms with Gasteiger partial charge in [0.1, 0.15) is 0 Å². The highest BCUT2D eigenvalue weighted by molar-refractivity contribution is 6.09. The highest BCUT2D eigenvalue weighted by Crippen LogP contribution is 2.22. The van der Waals surface area contributed by atoms with Gasteiger partial charge in [0.15, 0.2) is 5.78 Å². The summed E-state index contributed by atoms with van der Waals surface area (Å²) in [7, 11) is 3.80. The van der Waals surface area contributed by atoms with Gasteiger partial charge in [0, 0.05) is 37.6 Å². The van der Waals surface area contributed by atoms with Gasteiger partial charge < -0.3 is 0 Å². The van der Waals surface area contributed by atoms with Crippen molar-refractivity contribution in [1.29, 1.82) is 0 Å². The van der Waals surface area contributed by atoms with E-state index in [1.54, 1.807) is 12.4 Å². The van der Waals surface area contributed by atoms with Crippen molar-refractivity contribution < 1.29 is 4.79 Å². The minimum absolute atomic E-state index is 0.0121. The molecule has 0 atom stereocenters. The van der Waals surface area contributed by atoms with Gasteiger partial charge in [-0.1, -0.05) is 48.5 Å². The quantitative estimate of drug-likeness (QED) is 0.531. The molecule has 0 saturated carbocycles. The Morgan fingerprint density at radius 1 is 0.654 bits per heavy atom. The smallest absolute Gasteiger partial charge is 0.193 e. The van der Waals surface area contributed by atoms with E-state index in [4.69, 9.17) is 0 Å². The van der Waals surface area contributed by atoms with Crippen LogP contribution in [0.3, 0.4) is 0 Å². The van der Waals surface area contributed by atoms with Crippen LogP contribution in [0.2, 0.25) is 0 Å². The molecule has 0 bridgehead atoms. The molecular weight excluding hydrogens is 324 g/mol. The number of benzene rings is 2. The highest BCUT2D eigenvalue weighted by Gasteiger charge is 2.11. The Hall–Kier alpha value is -3.47. The lowest BCUT2D eigenvalue weighted by molar-refractivity contribution is 0.103. The van der Waals surface area contributed by atoms with E-state index in [1.807, 2.05) is 84.1 Å². The summed E-state index contributed by atoms with van der Waals surface area (Å²) >= 11 is 0. The van der Waals surface area contributed by atoms with Gasteiger partial charge in [-0.2, -0.15) is 10.2 Å². The molecule has 26 heavy (non-hydrogen) atoms. The topological polar surface area (TPSA) is 52.7 Å². The maximum absolute atomic E-state index is 12.7. The minimum Gasteiger partial charge on any atom is -0.289 e. The van der Waals surface area contributed by atoms with E-state index in [-0.39, 0.29) is 5.78 Å². The number of hydrogen-bond donors (Lipinski definition) is 0. The fourth-order valence-corrected chi connectivity index (χ4v) is 3.07. The van der Waals surface area contributed by atoms with Crippen LogP contribution < -0.4 is 0 Å². The van der Waals surface area contributed by atoms with Crippen LogP contribution in [0.5, 0.6) is 0 Å². The van der Waals surface area contributed by atoms with Crippen LogP contribution in [0.15, 0.2) is 73.1 Å². The number of aromatic nitrogens is 4. The fraction of sp³-hybridized carbons (Fsp3) is 0.0952. The average Bonchev–Trinajstić information content (AvgIpc) is 3.29. The van der Waals surface area contributed by atoms with Gasteiger partial charge in [0.2, 0.25) is 0 Å². The third kappa shape index (κ3) is 2.84. The summed E-state index contributed by atoms with van der Waals surface area (Å²) in [6, 6.07) is 19.2. The van der Waals surface area contributed by atoms with Crippen LogP contribution in [0, 0.1) is 0 Å². The first-order valence-corrected chi connectivity index (χ1v) is 8.35. The van der Waals surface area contributed by atoms with Crippen molar-refractivity contribution in [3.05, 3.63) is 84.2 Å². The number of hydrogen-bond acceptors (Lipinski definition) is 3. The summed E-state index contributed by atoms with van der Waals surface area (Å²) in [5.41, 5.74) is 5.45. The lowest BCUT2D eigenvalue weighted by Gasteiger charge is -2.06. The molecule has 0 radical (unpaired) electrons.